The average molecular weight is 368 g/mol. The van der Waals surface area contributed by atoms with Crippen molar-refractivity contribution in [1.29, 1.82) is 0 Å². The first-order chi connectivity index (χ1) is 12.2. The average Bonchev–Trinajstić information content (AvgIpc) is 2.58. The third kappa shape index (κ3) is 3.71. The second-order valence-corrected chi connectivity index (χ2v) is 6.49. The van der Waals surface area contributed by atoms with Gasteiger partial charge in [0.05, 0.1) is 12.1 Å². The van der Waals surface area contributed by atoms with Gasteiger partial charge in [0.25, 0.3) is 0 Å². The van der Waals surface area contributed by atoms with Crippen LogP contribution in [-0.2, 0) is 11.2 Å². The van der Waals surface area contributed by atoms with Gasteiger partial charge in [-0.15, -0.1) is 0 Å². The number of hydrogen-bond donors (Lipinski definition) is 0. The second-order valence-electron chi connectivity index (χ2n) is 6.49. The monoisotopic (exact) mass is 368 g/mol. The first kappa shape index (κ1) is 19.9. The van der Waals surface area contributed by atoms with Crippen LogP contribution in [0.5, 0.6) is 0 Å². The van der Waals surface area contributed by atoms with Gasteiger partial charge in [0, 0.05) is 29.4 Å². The molecular weight excluding hydrogens is 348 g/mol. The Bertz CT molecular complexity index is 799. The van der Waals surface area contributed by atoms with Crippen molar-refractivity contribution in [2.75, 3.05) is 0 Å². The van der Waals surface area contributed by atoms with E-state index in [0.29, 0.717) is 0 Å². The lowest BCUT2D eigenvalue weighted by Crippen LogP contribution is -2.43. The van der Waals surface area contributed by atoms with Crippen molar-refractivity contribution < 1.29 is 22.4 Å². The van der Waals surface area contributed by atoms with Gasteiger partial charge < -0.3 is 4.90 Å². The van der Waals surface area contributed by atoms with E-state index in [1.54, 1.807) is 33.8 Å². The normalized spacial score (nSPS) is 11.3. The predicted octanol–water partition coefficient (Wildman–Crippen LogP) is 4.49. The molecule has 0 aliphatic heterocycles. The fourth-order valence-electron chi connectivity index (χ4n) is 3.04. The van der Waals surface area contributed by atoms with Crippen molar-refractivity contribution in [1.82, 2.24) is 9.88 Å². The minimum atomic E-state index is -1.94. The summed E-state index contributed by atoms with van der Waals surface area (Å²) in [5.41, 5.74) is -1.16. The van der Waals surface area contributed by atoms with E-state index in [9.17, 15) is 22.4 Å². The molecule has 1 aromatic carbocycles. The highest BCUT2D eigenvalue weighted by atomic mass is 19.2. The number of halogens is 4. The van der Waals surface area contributed by atoms with Gasteiger partial charge in [-0.1, -0.05) is 6.07 Å². The molecule has 2 rings (SSSR count). The Morgan fingerprint density at radius 2 is 1.54 bits per heavy atom. The van der Waals surface area contributed by atoms with Crippen LogP contribution in [0.4, 0.5) is 17.6 Å². The van der Waals surface area contributed by atoms with Crippen LogP contribution in [0.1, 0.15) is 33.3 Å². The molecule has 1 aromatic heterocycles. The van der Waals surface area contributed by atoms with Crippen molar-refractivity contribution in [2.24, 2.45) is 0 Å². The maximum absolute atomic E-state index is 14.4. The van der Waals surface area contributed by atoms with Crippen LogP contribution in [0.3, 0.4) is 0 Å². The molecule has 0 radical (unpaired) electrons. The van der Waals surface area contributed by atoms with E-state index in [4.69, 9.17) is 0 Å². The number of pyridine rings is 1. The first-order valence-corrected chi connectivity index (χ1v) is 8.24. The van der Waals surface area contributed by atoms with Gasteiger partial charge in [0.1, 0.15) is 0 Å². The molecule has 0 N–H and O–H groups in total. The summed E-state index contributed by atoms with van der Waals surface area (Å²) in [7, 11) is 0. The van der Waals surface area contributed by atoms with E-state index in [0.717, 1.165) is 0 Å². The smallest absolute Gasteiger partial charge is 0.227 e. The molecule has 0 fully saturated rings. The lowest BCUT2D eigenvalue weighted by Gasteiger charge is -2.31. The van der Waals surface area contributed by atoms with Gasteiger partial charge in [-0.05, 0) is 39.8 Å². The summed E-state index contributed by atoms with van der Waals surface area (Å²) in [6.45, 7) is 7.11. The summed E-state index contributed by atoms with van der Waals surface area (Å²) < 4.78 is 56.4. The zero-order chi connectivity index (χ0) is 19.6. The second kappa shape index (κ2) is 7.85. The summed E-state index contributed by atoms with van der Waals surface area (Å²) >= 11 is 0. The molecule has 0 aliphatic rings. The Morgan fingerprint density at radius 3 is 2.04 bits per heavy atom. The fourth-order valence-corrected chi connectivity index (χ4v) is 3.04. The number of amides is 1. The summed E-state index contributed by atoms with van der Waals surface area (Å²) in [5, 5.41) is 0. The standard InChI is InChI=1S/C19H20F4N2O/c1-10(2)25(11(3)4)14(26)9-12-15(13-7-5-6-8-24-13)17(21)19(23)18(22)16(12)20/h5-8,10-11H,9H2,1-4H3. The SMILES string of the molecule is CC(C)N(C(=O)Cc1c(F)c(F)c(F)c(F)c1-c1ccccn1)C(C)C. The molecule has 0 atom stereocenters. The lowest BCUT2D eigenvalue weighted by atomic mass is 9.98. The van der Waals surface area contributed by atoms with Crippen molar-refractivity contribution in [3.8, 4) is 11.3 Å². The quantitative estimate of drug-likeness (QED) is 0.443. The van der Waals surface area contributed by atoms with Crippen molar-refractivity contribution in [3.63, 3.8) is 0 Å². The Balaban J connectivity index is 2.63. The molecule has 7 heteroatoms. The molecule has 3 nitrogen and oxygen atoms in total. The van der Waals surface area contributed by atoms with Crippen molar-refractivity contribution >= 4 is 5.91 Å². The highest BCUT2D eigenvalue weighted by Crippen LogP contribution is 2.32. The Hall–Kier alpha value is -2.44. The van der Waals surface area contributed by atoms with Gasteiger partial charge in [0.2, 0.25) is 5.91 Å². The maximum atomic E-state index is 14.4. The molecule has 26 heavy (non-hydrogen) atoms. The zero-order valence-electron chi connectivity index (χ0n) is 15.0. The third-order valence-corrected chi connectivity index (χ3v) is 4.01. The molecule has 0 saturated heterocycles. The van der Waals surface area contributed by atoms with Crippen LogP contribution in [-0.4, -0.2) is 27.9 Å². The topological polar surface area (TPSA) is 33.2 Å². The number of benzene rings is 1. The van der Waals surface area contributed by atoms with Gasteiger partial charge in [0.15, 0.2) is 23.3 Å². The largest absolute Gasteiger partial charge is 0.338 e. The number of rotatable bonds is 5. The van der Waals surface area contributed by atoms with Crippen LogP contribution < -0.4 is 0 Å². The highest BCUT2D eigenvalue weighted by Gasteiger charge is 2.30. The van der Waals surface area contributed by atoms with E-state index in [-0.39, 0.29) is 17.8 Å². The maximum Gasteiger partial charge on any atom is 0.227 e. The van der Waals surface area contributed by atoms with Crippen LogP contribution in [0.15, 0.2) is 24.4 Å². The molecule has 1 heterocycles. The predicted molar refractivity (Wildman–Crippen MR) is 90.3 cm³/mol. The number of aromatic nitrogens is 1. The Morgan fingerprint density at radius 1 is 0.962 bits per heavy atom. The summed E-state index contributed by atoms with van der Waals surface area (Å²) in [6, 6.07) is 3.99. The van der Waals surface area contributed by atoms with Gasteiger partial charge in [-0.3, -0.25) is 9.78 Å². The third-order valence-electron chi connectivity index (χ3n) is 4.01. The van der Waals surface area contributed by atoms with E-state index in [2.05, 4.69) is 4.98 Å². The number of hydrogen-bond acceptors (Lipinski definition) is 2. The minimum absolute atomic E-state index is 0.0776. The Labute approximate surface area is 149 Å². The van der Waals surface area contributed by atoms with Crippen LogP contribution in [0.2, 0.25) is 0 Å². The molecular formula is C19H20F4N2O. The molecule has 140 valence electrons. The molecule has 0 aliphatic carbocycles. The minimum Gasteiger partial charge on any atom is -0.338 e. The van der Waals surface area contributed by atoms with E-state index in [1.165, 1.54) is 23.2 Å². The molecule has 0 saturated carbocycles. The van der Waals surface area contributed by atoms with Crippen molar-refractivity contribution in [3.05, 3.63) is 53.2 Å². The fraction of sp³-hybridized carbons (Fsp3) is 0.368. The number of carbonyl (C=O) groups excluding carboxylic acids is 1. The van der Waals surface area contributed by atoms with Gasteiger partial charge in [-0.2, -0.15) is 0 Å². The van der Waals surface area contributed by atoms with E-state index in [1.807, 2.05) is 0 Å². The van der Waals surface area contributed by atoms with Gasteiger partial charge in [-0.25, -0.2) is 17.6 Å². The molecule has 0 bridgehead atoms. The van der Waals surface area contributed by atoms with Crippen LogP contribution in [0.25, 0.3) is 11.3 Å². The number of carbonyl (C=O) groups is 1. The first-order valence-electron chi connectivity index (χ1n) is 8.24. The van der Waals surface area contributed by atoms with Crippen LogP contribution >= 0.6 is 0 Å². The number of nitrogens with zero attached hydrogens (tertiary/aromatic N) is 2. The van der Waals surface area contributed by atoms with Crippen molar-refractivity contribution in [2.45, 2.75) is 46.2 Å². The van der Waals surface area contributed by atoms with Crippen LogP contribution in [0, 0.1) is 23.3 Å². The summed E-state index contributed by atoms with van der Waals surface area (Å²) in [6.07, 6.45) is 0.705. The summed E-state index contributed by atoms with van der Waals surface area (Å²) in [4.78, 5) is 18.0. The van der Waals surface area contributed by atoms with Gasteiger partial charge >= 0.3 is 0 Å². The zero-order valence-corrected chi connectivity index (χ0v) is 15.0. The summed E-state index contributed by atoms with van der Waals surface area (Å²) in [5.74, 6) is -7.53. The molecule has 1 amide bonds. The highest BCUT2D eigenvalue weighted by molar-refractivity contribution is 5.82. The molecule has 0 spiro atoms. The van der Waals surface area contributed by atoms with E-state index < -0.39 is 46.7 Å². The molecule has 0 unspecified atom stereocenters. The van der Waals surface area contributed by atoms with E-state index >= 15 is 0 Å². The Kier molecular flexibility index (Phi) is 6.00. The molecule has 2 aromatic rings. The lowest BCUT2D eigenvalue weighted by molar-refractivity contribution is -0.134.